The van der Waals surface area contributed by atoms with Gasteiger partial charge in [0.1, 0.15) is 0 Å². The molecule has 0 aliphatic rings. The maximum Gasteiger partial charge on any atom is 0.244 e. The van der Waals surface area contributed by atoms with Crippen LogP contribution in [0.4, 0.5) is 0 Å². The second-order valence-corrected chi connectivity index (χ2v) is 6.16. The minimum absolute atomic E-state index is 0.0231. The zero-order chi connectivity index (χ0) is 15.4. The maximum atomic E-state index is 12.0. The highest BCUT2D eigenvalue weighted by molar-refractivity contribution is 7.10. The fourth-order valence-corrected chi connectivity index (χ4v) is 2.98. The monoisotopic (exact) mass is 307 g/mol. The highest BCUT2D eigenvalue weighted by Crippen LogP contribution is 2.20. The zero-order valence-corrected chi connectivity index (χ0v) is 13.1. The predicted molar refractivity (Wildman–Crippen MR) is 93.9 cm³/mol. The maximum absolute atomic E-state index is 12.0. The summed E-state index contributed by atoms with van der Waals surface area (Å²) in [5.74, 6) is -0.0749. The second kappa shape index (κ2) is 6.58. The molecule has 0 fully saturated rings. The minimum Gasteiger partial charge on any atom is -0.346 e. The van der Waals surface area contributed by atoms with Gasteiger partial charge < -0.3 is 5.32 Å². The van der Waals surface area contributed by atoms with Gasteiger partial charge in [-0.2, -0.15) is 0 Å². The fraction of sp³-hybridized carbons (Fsp3) is 0.105. The number of fused-ring (bicyclic) bond motifs is 1. The van der Waals surface area contributed by atoms with Gasteiger partial charge in [-0.05, 0) is 46.8 Å². The van der Waals surface area contributed by atoms with Crippen LogP contribution in [0.25, 0.3) is 16.8 Å². The van der Waals surface area contributed by atoms with Crippen LogP contribution < -0.4 is 5.32 Å². The van der Waals surface area contributed by atoms with Crippen LogP contribution in [0.15, 0.2) is 66.1 Å². The lowest BCUT2D eigenvalue weighted by Gasteiger charge is -2.13. The molecule has 1 amide bonds. The topological polar surface area (TPSA) is 29.1 Å². The number of hydrogen-bond donors (Lipinski definition) is 1. The van der Waals surface area contributed by atoms with E-state index < -0.39 is 0 Å². The Morgan fingerprint density at radius 1 is 1.09 bits per heavy atom. The Bertz CT molecular complexity index is 805. The molecule has 3 heteroatoms. The lowest BCUT2D eigenvalue weighted by molar-refractivity contribution is -0.117. The standard InChI is InChI=1S/C19H17NOS/c1-14(20-19(21)11-10-18-7-4-12-22-18)16-9-8-15-5-2-3-6-17(15)13-16/h2-14H,1H3,(H,20,21)/b11-10+/t14-/m0/s1. The second-order valence-electron chi connectivity index (χ2n) is 5.19. The van der Waals surface area contributed by atoms with E-state index in [0.29, 0.717) is 0 Å². The van der Waals surface area contributed by atoms with E-state index in [1.165, 1.54) is 10.8 Å². The van der Waals surface area contributed by atoms with Crippen LogP contribution in [0.3, 0.4) is 0 Å². The lowest BCUT2D eigenvalue weighted by atomic mass is 10.0. The Labute approximate surface area is 134 Å². The van der Waals surface area contributed by atoms with E-state index in [4.69, 9.17) is 0 Å². The number of hydrogen-bond acceptors (Lipinski definition) is 2. The van der Waals surface area contributed by atoms with E-state index in [0.717, 1.165) is 10.4 Å². The van der Waals surface area contributed by atoms with Crippen LogP contribution >= 0.6 is 11.3 Å². The van der Waals surface area contributed by atoms with Gasteiger partial charge >= 0.3 is 0 Å². The summed E-state index contributed by atoms with van der Waals surface area (Å²) < 4.78 is 0. The van der Waals surface area contributed by atoms with Crippen molar-refractivity contribution in [3.63, 3.8) is 0 Å². The number of benzene rings is 2. The first kappa shape index (κ1) is 14.5. The Morgan fingerprint density at radius 2 is 1.91 bits per heavy atom. The highest BCUT2D eigenvalue weighted by Gasteiger charge is 2.08. The van der Waals surface area contributed by atoms with Crippen LogP contribution in [-0.4, -0.2) is 5.91 Å². The van der Waals surface area contributed by atoms with Crippen molar-refractivity contribution in [2.45, 2.75) is 13.0 Å². The van der Waals surface area contributed by atoms with Gasteiger partial charge in [-0.3, -0.25) is 4.79 Å². The SMILES string of the molecule is C[C@H](NC(=O)/C=C/c1cccs1)c1ccc2ccccc2c1. The fourth-order valence-electron chi connectivity index (χ4n) is 2.37. The molecule has 2 nitrogen and oxygen atoms in total. The van der Waals surface area contributed by atoms with Crippen molar-refractivity contribution in [3.05, 3.63) is 76.5 Å². The van der Waals surface area contributed by atoms with Crippen molar-refractivity contribution >= 4 is 34.1 Å². The summed E-state index contributed by atoms with van der Waals surface area (Å²) in [6.45, 7) is 2.00. The molecular formula is C19H17NOS. The van der Waals surface area contributed by atoms with Gasteiger partial charge in [-0.1, -0.05) is 42.5 Å². The molecule has 0 aliphatic heterocycles. The van der Waals surface area contributed by atoms with Gasteiger partial charge in [0.05, 0.1) is 6.04 Å². The predicted octanol–water partition coefficient (Wildman–Crippen LogP) is 4.79. The molecular weight excluding hydrogens is 290 g/mol. The van der Waals surface area contributed by atoms with Gasteiger partial charge in [0.15, 0.2) is 0 Å². The molecule has 3 rings (SSSR count). The zero-order valence-electron chi connectivity index (χ0n) is 12.3. The summed E-state index contributed by atoms with van der Waals surface area (Å²) in [6.07, 6.45) is 3.43. The largest absolute Gasteiger partial charge is 0.346 e. The molecule has 110 valence electrons. The normalized spacial score (nSPS) is 12.6. The summed E-state index contributed by atoms with van der Waals surface area (Å²) in [4.78, 5) is 13.1. The average molecular weight is 307 g/mol. The molecule has 0 radical (unpaired) electrons. The average Bonchev–Trinajstić information content (AvgIpc) is 3.06. The number of thiophene rings is 1. The number of carbonyl (C=O) groups excluding carboxylic acids is 1. The highest BCUT2D eigenvalue weighted by atomic mass is 32.1. The molecule has 1 atom stereocenters. The number of carbonyl (C=O) groups is 1. The summed E-state index contributed by atoms with van der Waals surface area (Å²) in [7, 11) is 0. The van der Waals surface area contributed by atoms with E-state index in [1.54, 1.807) is 17.4 Å². The molecule has 1 N–H and O–H groups in total. The van der Waals surface area contributed by atoms with Gasteiger partial charge in [-0.25, -0.2) is 0 Å². The smallest absolute Gasteiger partial charge is 0.244 e. The molecule has 0 spiro atoms. The van der Waals surface area contributed by atoms with Crippen LogP contribution in [0.2, 0.25) is 0 Å². The third-order valence-corrected chi connectivity index (χ3v) is 4.41. The Kier molecular flexibility index (Phi) is 4.35. The Balaban J connectivity index is 1.69. The van der Waals surface area contributed by atoms with Crippen molar-refractivity contribution in [2.24, 2.45) is 0 Å². The van der Waals surface area contributed by atoms with Crippen LogP contribution in [-0.2, 0) is 4.79 Å². The number of rotatable bonds is 4. The van der Waals surface area contributed by atoms with Crippen molar-refractivity contribution in [1.29, 1.82) is 0 Å². The number of nitrogens with one attached hydrogen (secondary N) is 1. The summed E-state index contributed by atoms with van der Waals surface area (Å²) >= 11 is 1.61. The van der Waals surface area contributed by atoms with Crippen molar-refractivity contribution < 1.29 is 4.79 Å². The van der Waals surface area contributed by atoms with Crippen LogP contribution in [0, 0.1) is 0 Å². The molecule has 0 saturated carbocycles. The molecule has 3 aromatic rings. The van der Waals surface area contributed by atoms with E-state index in [9.17, 15) is 4.79 Å². The van der Waals surface area contributed by atoms with Crippen molar-refractivity contribution in [2.75, 3.05) is 0 Å². The lowest BCUT2D eigenvalue weighted by Crippen LogP contribution is -2.24. The van der Waals surface area contributed by atoms with Crippen molar-refractivity contribution in [1.82, 2.24) is 5.32 Å². The van der Waals surface area contributed by atoms with E-state index in [-0.39, 0.29) is 11.9 Å². The van der Waals surface area contributed by atoms with Crippen molar-refractivity contribution in [3.8, 4) is 0 Å². The number of amides is 1. The molecule has 0 unspecified atom stereocenters. The third kappa shape index (κ3) is 3.43. The summed E-state index contributed by atoms with van der Waals surface area (Å²) in [6, 6.07) is 18.5. The summed E-state index contributed by atoms with van der Waals surface area (Å²) in [5.41, 5.74) is 1.11. The third-order valence-electron chi connectivity index (χ3n) is 3.57. The molecule has 0 saturated heterocycles. The summed E-state index contributed by atoms with van der Waals surface area (Å²) in [5, 5.41) is 7.40. The first-order chi connectivity index (χ1) is 10.7. The van der Waals surface area contributed by atoms with Gasteiger partial charge in [0, 0.05) is 11.0 Å². The Hall–Kier alpha value is -2.39. The van der Waals surface area contributed by atoms with E-state index in [2.05, 4.69) is 35.6 Å². The molecule has 0 bridgehead atoms. The van der Waals surface area contributed by atoms with Gasteiger partial charge in [0.25, 0.3) is 0 Å². The first-order valence-corrected chi connectivity index (χ1v) is 8.11. The van der Waals surface area contributed by atoms with Crippen LogP contribution in [0.1, 0.15) is 23.4 Å². The molecule has 1 heterocycles. The van der Waals surface area contributed by atoms with E-state index >= 15 is 0 Å². The Morgan fingerprint density at radius 3 is 2.68 bits per heavy atom. The molecule has 0 aliphatic carbocycles. The van der Waals surface area contributed by atoms with Crippen LogP contribution in [0.5, 0.6) is 0 Å². The van der Waals surface area contributed by atoms with E-state index in [1.807, 2.05) is 42.6 Å². The minimum atomic E-state index is -0.0749. The quantitative estimate of drug-likeness (QED) is 0.690. The van der Waals surface area contributed by atoms with Gasteiger partial charge in [0.2, 0.25) is 5.91 Å². The molecule has 2 aromatic carbocycles. The molecule has 1 aromatic heterocycles. The van der Waals surface area contributed by atoms with Gasteiger partial charge in [-0.15, -0.1) is 11.3 Å². The molecule has 22 heavy (non-hydrogen) atoms. The first-order valence-electron chi connectivity index (χ1n) is 7.23.